The van der Waals surface area contributed by atoms with Crippen LogP contribution in [0.2, 0.25) is 0 Å². The largest absolute Gasteiger partial charge is 0.339 e. The topological polar surface area (TPSA) is 64.2 Å². The van der Waals surface area contributed by atoms with Gasteiger partial charge in [0.05, 0.1) is 11.5 Å². The summed E-state index contributed by atoms with van der Waals surface area (Å²) in [4.78, 5) is 45.3. The molecule has 0 N–H and O–H groups in total. The summed E-state index contributed by atoms with van der Waals surface area (Å²) in [5.74, 6) is 0.213. The summed E-state index contributed by atoms with van der Waals surface area (Å²) in [5.41, 5.74) is 0.451. The van der Waals surface area contributed by atoms with E-state index in [4.69, 9.17) is 0 Å². The molecule has 0 unspecified atom stereocenters. The van der Waals surface area contributed by atoms with Crippen molar-refractivity contribution >= 4 is 17.8 Å². The number of rotatable bonds is 1. The number of amides is 4. The smallest absolute Gasteiger partial charge is 0.319 e. The van der Waals surface area contributed by atoms with Gasteiger partial charge < -0.3 is 19.6 Å². The van der Waals surface area contributed by atoms with E-state index in [1.165, 1.54) is 0 Å². The third kappa shape index (κ3) is 2.75. The number of fused-ring (bicyclic) bond motifs is 2. The summed E-state index contributed by atoms with van der Waals surface area (Å²) in [6.45, 7) is 2.38. The highest BCUT2D eigenvalue weighted by molar-refractivity contribution is 5.94. The molecule has 3 heterocycles. The van der Waals surface area contributed by atoms with Crippen LogP contribution in [0.4, 0.5) is 4.79 Å². The molecule has 1 spiro atoms. The lowest BCUT2D eigenvalue weighted by atomic mass is 9.75. The lowest BCUT2D eigenvalue weighted by Crippen LogP contribution is -2.57. The molecule has 3 aliphatic heterocycles. The Morgan fingerprint density at radius 1 is 1.04 bits per heavy atom. The van der Waals surface area contributed by atoms with E-state index in [0.717, 1.165) is 12.8 Å². The summed E-state index contributed by atoms with van der Waals surface area (Å²) in [7, 11) is 5.38. The molecule has 0 aromatic heterocycles. The van der Waals surface area contributed by atoms with Gasteiger partial charge in [-0.25, -0.2) is 4.79 Å². The van der Waals surface area contributed by atoms with Crippen LogP contribution in [0.1, 0.15) is 23.2 Å². The van der Waals surface area contributed by atoms with Gasteiger partial charge in [-0.05, 0) is 25.0 Å². The number of carbonyl (C=O) groups excluding carboxylic acids is 3. The third-order valence-corrected chi connectivity index (χ3v) is 6.92. The standard InChI is InChI=1S/C21H28N4O3/c1-22(2)20(28)25-13-16-17(14-25)21(23(3)19(16)27)9-11-24(12-10-21)18(26)15-7-5-4-6-8-15/h4-8,16-17H,9-14H2,1-3H3/t16-,17+/m0/s1. The quantitative estimate of drug-likeness (QED) is 0.735. The van der Waals surface area contributed by atoms with Crippen molar-refractivity contribution in [2.24, 2.45) is 11.8 Å². The lowest BCUT2D eigenvalue weighted by molar-refractivity contribution is -0.133. The summed E-state index contributed by atoms with van der Waals surface area (Å²) < 4.78 is 0. The monoisotopic (exact) mass is 384 g/mol. The normalized spacial score (nSPS) is 26.0. The van der Waals surface area contributed by atoms with Crippen molar-refractivity contribution in [3.8, 4) is 0 Å². The van der Waals surface area contributed by atoms with E-state index in [9.17, 15) is 14.4 Å². The first-order valence-corrected chi connectivity index (χ1v) is 9.93. The van der Waals surface area contributed by atoms with E-state index in [2.05, 4.69) is 0 Å². The number of likely N-dealkylation sites (tertiary alicyclic amines) is 3. The molecule has 1 aromatic rings. The summed E-state index contributed by atoms with van der Waals surface area (Å²) in [6, 6.07) is 9.31. The minimum Gasteiger partial charge on any atom is -0.339 e. The zero-order chi connectivity index (χ0) is 20.1. The summed E-state index contributed by atoms with van der Waals surface area (Å²) in [6.07, 6.45) is 1.53. The maximum atomic E-state index is 12.9. The van der Waals surface area contributed by atoms with Crippen LogP contribution in [0.5, 0.6) is 0 Å². The zero-order valence-electron chi connectivity index (χ0n) is 16.8. The second kappa shape index (κ2) is 6.79. The summed E-state index contributed by atoms with van der Waals surface area (Å²) >= 11 is 0. The number of piperidine rings is 1. The molecule has 7 heteroatoms. The van der Waals surface area contributed by atoms with Crippen molar-refractivity contribution in [3.63, 3.8) is 0 Å². The number of hydrogen-bond acceptors (Lipinski definition) is 3. The fraction of sp³-hybridized carbons (Fsp3) is 0.571. The second-order valence-electron chi connectivity index (χ2n) is 8.45. The van der Waals surface area contributed by atoms with Crippen LogP contribution in [-0.4, -0.2) is 90.3 Å². The molecule has 7 nitrogen and oxygen atoms in total. The first kappa shape index (κ1) is 18.8. The number of benzene rings is 1. The Balaban J connectivity index is 1.50. The van der Waals surface area contributed by atoms with E-state index in [1.807, 2.05) is 52.1 Å². The maximum Gasteiger partial charge on any atom is 0.319 e. The van der Waals surface area contributed by atoms with Gasteiger partial charge in [0.1, 0.15) is 0 Å². The highest BCUT2D eigenvalue weighted by Gasteiger charge is 2.61. The minimum absolute atomic E-state index is 0.0308. The van der Waals surface area contributed by atoms with Crippen LogP contribution in [0.25, 0.3) is 0 Å². The predicted octanol–water partition coefficient (Wildman–Crippen LogP) is 1.36. The van der Waals surface area contributed by atoms with E-state index < -0.39 is 0 Å². The molecule has 150 valence electrons. The molecule has 1 aromatic carbocycles. The molecular weight excluding hydrogens is 356 g/mol. The van der Waals surface area contributed by atoms with Gasteiger partial charge in [0.25, 0.3) is 5.91 Å². The van der Waals surface area contributed by atoms with Crippen LogP contribution in [0.3, 0.4) is 0 Å². The maximum absolute atomic E-state index is 12.9. The molecule has 0 saturated carbocycles. The molecule has 3 aliphatic rings. The van der Waals surface area contributed by atoms with Gasteiger partial charge in [-0.15, -0.1) is 0 Å². The lowest BCUT2D eigenvalue weighted by Gasteiger charge is -2.46. The van der Waals surface area contributed by atoms with Crippen molar-refractivity contribution in [3.05, 3.63) is 35.9 Å². The van der Waals surface area contributed by atoms with Crippen molar-refractivity contribution in [1.29, 1.82) is 0 Å². The highest BCUT2D eigenvalue weighted by Crippen LogP contribution is 2.49. The number of urea groups is 1. The van der Waals surface area contributed by atoms with Crippen LogP contribution in [0, 0.1) is 11.8 Å². The molecule has 2 atom stereocenters. The van der Waals surface area contributed by atoms with Crippen molar-refractivity contribution < 1.29 is 14.4 Å². The Morgan fingerprint density at radius 2 is 1.68 bits per heavy atom. The molecule has 3 fully saturated rings. The molecule has 3 saturated heterocycles. The molecule has 4 amide bonds. The average molecular weight is 384 g/mol. The van der Waals surface area contributed by atoms with Crippen molar-refractivity contribution in [2.45, 2.75) is 18.4 Å². The van der Waals surface area contributed by atoms with Gasteiger partial charge in [0.15, 0.2) is 0 Å². The molecule has 4 rings (SSSR count). The first-order valence-electron chi connectivity index (χ1n) is 9.93. The van der Waals surface area contributed by atoms with Gasteiger partial charge in [-0.1, -0.05) is 18.2 Å². The van der Waals surface area contributed by atoms with Crippen molar-refractivity contribution in [1.82, 2.24) is 19.6 Å². The minimum atomic E-state index is -0.253. The van der Waals surface area contributed by atoms with E-state index in [0.29, 0.717) is 31.7 Å². The van der Waals surface area contributed by atoms with Crippen LogP contribution in [0.15, 0.2) is 30.3 Å². The zero-order valence-corrected chi connectivity index (χ0v) is 16.8. The Bertz CT molecular complexity index is 786. The predicted molar refractivity (Wildman–Crippen MR) is 105 cm³/mol. The van der Waals surface area contributed by atoms with Crippen LogP contribution < -0.4 is 0 Å². The molecule has 28 heavy (non-hydrogen) atoms. The SMILES string of the molecule is CN(C)C(=O)N1C[C@@H]2C(=O)N(C)C3(CCN(C(=O)c4ccccc4)CC3)[C@@H]2C1. The summed E-state index contributed by atoms with van der Waals surface area (Å²) in [5, 5.41) is 0. The fourth-order valence-electron chi connectivity index (χ4n) is 5.32. The average Bonchev–Trinajstić information content (AvgIpc) is 3.24. The molecule has 0 bridgehead atoms. The fourth-order valence-corrected chi connectivity index (χ4v) is 5.32. The van der Waals surface area contributed by atoms with E-state index >= 15 is 0 Å². The number of nitrogens with zero attached hydrogens (tertiary/aromatic N) is 4. The van der Waals surface area contributed by atoms with Gasteiger partial charge in [-0.3, -0.25) is 9.59 Å². The van der Waals surface area contributed by atoms with Gasteiger partial charge in [0, 0.05) is 58.8 Å². The van der Waals surface area contributed by atoms with Crippen LogP contribution >= 0.6 is 0 Å². The molecule has 0 radical (unpaired) electrons. The molecule has 0 aliphatic carbocycles. The third-order valence-electron chi connectivity index (χ3n) is 6.92. The second-order valence-corrected chi connectivity index (χ2v) is 8.45. The van der Waals surface area contributed by atoms with Gasteiger partial charge >= 0.3 is 6.03 Å². The van der Waals surface area contributed by atoms with Gasteiger partial charge in [0.2, 0.25) is 5.91 Å². The highest BCUT2D eigenvalue weighted by atomic mass is 16.2. The Hall–Kier alpha value is -2.57. The van der Waals surface area contributed by atoms with Crippen molar-refractivity contribution in [2.75, 3.05) is 47.3 Å². The van der Waals surface area contributed by atoms with Crippen LogP contribution in [-0.2, 0) is 4.79 Å². The van der Waals surface area contributed by atoms with E-state index in [1.54, 1.807) is 19.0 Å². The Morgan fingerprint density at radius 3 is 2.29 bits per heavy atom. The van der Waals surface area contributed by atoms with E-state index in [-0.39, 0.29) is 35.2 Å². The molecular formula is C21H28N4O3. The number of hydrogen-bond donors (Lipinski definition) is 0. The number of carbonyl (C=O) groups is 3. The Kier molecular flexibility index (Phi) is 4.56. The first-order chi connectivity index (χ1) is 13.3. The van der Waals surface area contributed by atoms with Gasteiger partial charge in [-0.2, -0.15) is 0 Å². The Labute approximate surface area is 165 Å².